The summed E-state index contributed by atoms with van der Waals surface area (Å²) in [6.45, 7) is 1.85. The van der Waals surface area contributed by atoms with Crippen LogP contribution in [0.4, 0.5) is 0 Å². The molecular weight excluding hydrogens is 449 g/mol. The van der Waals surface area contributed by atoms with Gasteiger partial charge in [0.05, 0.1) is 22.8 Å². The van der Waals surface area contributed by atoms with E-state index >= 15 is 0 Å². The average Bonchev–Trinajstić information content (AvgIpc) is 3.06. The van der Waals surface area contributed by atoms with Crippen LogP contribution in [0.3, 0.4) is 0 Å². The summed E-state index contributed by atoms with van der Waals surface area (Å²) in [6.07, 6.45) is 4.53. The lowest BCUT2D eigenvalue weighted by atomic mass is 9.74. The third-order valence-electron chi connectivity index (χ3n) is 6.71. The molecule has 3 aromatic rings. The maximum absolute atomic E-state index is 12.6. The minimum atomic E-state index is -3.29. The van der Waals surface area contributed by atoms with Crippen LogP contribution in [0.2, 0.25) is 6.32 Å². The first-order chi connectivity index (χ1) is 16.3. The van der Waals surface area contributed by atoms with Crippen molar-refractivity contribution in [3.8, 4) is 5.75 Å². The summed E-state index contributed by atoms with van der Waals surface area (Å²) in [6, 6.07) is 17.0. The van der Waals surface area contributed by atoms with Gasteiger partial charge < -0.3 is 14.8 Å². The van der Waals surface area contributed by atoms with E-state index in [0.717, 1.165) is 38.7 Å². The van der Waals surface area contributed by atoms with Gasteiger partial charge in [-0.2, -0.15) is 0 Å². The Morgan fingerprint density at radius 3 is 2.68 bits per heavy atom. The number of rotatable bonds is 5. The van der Waals surface area contributed by atoms with E-state index in [1.54, 1.807) is 12.3 Å². The predicted molar refractivity (Wildman–Crippen MR) is 135 cm³/mol. The molecule has 0 radical (unpaired) electrons. The highest BCUT2D eigenvalue weighted by atomic mass is 32.2. The summed E-state index contributed by atoms with van der Waals surface area (Å²) in [7, 11) is -4.39. The molecule has 2 atom stereocenters. The molecule has 5 rings (SSSR count). The number of benzene rings is 2. The van der Waals surface area contributed by atoms with Crippen LogP contribution in [0.1, 0.15) is 31.0 Å². The van der Waals surface area contributed by atoms with Gasteiger partial charge in [-0.1, -0.05) is 42.0 Å². The normalized spacial score (nSPS) is 22.3. The number of allylic oxidation sites excluding steroid dienone is 1. The maximum Gasteiger partial charge on any atom is 0.456 e. The van der Waals surface area contributed by atoms with Gasteiger partial charge in [0.2, 0.25) is 0 Å². The molecule has 2 N–H and O–H groups in total. The van der Waals surface area contributed by atoms with Crippen LogP contribution in [-0.4, -0.2) is 47.8 Å². The molecule has 34 heavy (non-hydrogen) atoms. The van der Waals surface area contributed by atoms with Crippen molar-refractivity contribution in [2.45, 2.75) is 37.4 Å². The average molecular weight is 475 g/mol. The number of fused-ring (bicyclic) bond motifs is 2. The van der Waals surface area contributed by atoms with Gasteiger partial charge in [-0.05, 0) is 66.1 Å². The Bertz CT molecular complexity index is 1400. The molecule has 2 aromatic carbocycles. The zero-order valence-corrected chi connectivity index (χ0v) is 19.7. The highest BCUT2D eigenvalue weighted by molar-refractivity contribution is 7.92. The van der Waals surface area contributed by atoms with Crippen LogP contribution in [0, 0.1) is 0 Å². The third kappa shape index (κ3) is 4.29. The molecule has 0 saturated carbocycles. The molecule has 8 heteroatoms. The van der Waals surface area contributed by atoms with Crippen molar-refractivity contribution >= 4 is 39.4 Å². The zero-order valence-electron chi connectivity index (χ0n) is 18.9. The zero-order chi connectivity index (χ0) is 23.9. The first-order valence-corrected chi connectivity index (χ1v) is 13.1. The number of sulfone groups is 1. The second-order valence-electron chi connectivity index (χ2n) is 8.99. The summed E-state index contributed by atoms with van der Waals surface area (Å²) in [5, 5.41) is 21.6. The van der Waals surface area contributed by atoms with E-state index in [4.69, 9.17) is 4.65 Å². The molecular formula is C26H26BNO5S. The minimum Gasteiger partial charge on any atom is -0.507 e. The number of aromatic hydroxyl groups is 1. The van der Waals surface area contributed by atoms with Crippen molar-refractivity contribution in [2.75, 3.05) is 5.75 Å². The summed E-state index contributed by atoms with van der Waals surface area (Å²) in [5.41, 5.74) is 4.37. The number of hydrogen-bond acceptors (Lipinski definition) is 6. The molecule has 0 bridgehead atoms. The molecule has 1 saturated heterocycles. The monoisotopic (exact) mass is 475 g/mol. The van der Waals surface area contributed by atoms with Crippen molar-refractivity contribution in [1.29, 1.82) is 0 Å². The number of phenolic OH excluding ortho intramolecular Hbond substituents is 1. The van der Waals surface area contributed by atoms with Gasteiger partial charge in [0.25, 0.3) is 0 Å². The van der Waals surface area contributed by atoms with Crippen molar-refractivity contribution in [3.05, 3.63) is 83.2 Å². The summed E-state index contributed by atoms with van der Waals surface area (Å²) >= 11 is 0. The number of aromatic nitrogens is 1. The molecule has 0 unspecified atom stereocenters. The van der Waals surface area contributed by atoms with E-state index < -0.39 is 28.3 Å². The predicted octanol–water partition coefficient (Wildman–Crippen LogP) is 4.25. The van der Waals surface area contributed by atoms with Gasteiger partial charge >= 0.3 is 7.12 Å². The first kappa shape index (κ1) is 22.8. The van der Waals surface area contributed by atoms with E-state index in [9.17, 15) is 18.5 Å². The van der Waals surface area contributed by atoms with Gasteiger partial charge in [0.15, 0.2) is 9.84 Å². The second-order valence-corrected chi connectivity index (χ2v) is 11.2. The maximum atomic E-state index is 12.6. The molecule has 0 aliphatic carbocycles. The Kier molecular flexibility index (Phi) is 6.06. The largest absolute Gasteiger partial charge is 0.507 e. The summed E-state index contributed by atoms with van der Waals surface area (Å²) in [5.74, 6) is 0.259. The van der Waals surface area contributed by atoms with E-state index in [0.29, 0.717) is 12.8 Å². The minimum absolute atomic E-state index is 0.0298. The molecule has 1 fully saturated rings. The van der Waals surface area contributed by atoms with Crippen LogP contribution < -0.4 is 0 Å². The Labute approximate surface area is 199 Å². The highest BCUT2D eigenvalue weighted by Gasteiger charge is 2.47. The SMILES string of the molecule is CC1=C2[C@@H](CC/C(=C/c3ccc(O)c4ccccc34)c3ccccn3)OB(O)C[C@@H]2S(=O)(=O)C1. The standard InChI is InChI=1S/C26H26BNO5S/c1-17-16-34(31,32)25-15-27(30)33-24(26(17)25)12-10-19(22-8-4-5-13-28-22)14-18-9-11-23(29)21-7-3-2-6-20(18)21/h2-9,11,13-14,24-25,29-30H,10,12,15-16H2,1H3/b19-14-/t24-,25+/m1/s1. The molecule has 174 valence electrons. The Balaban J connectivity index is 1.51. The molecule has 6 nitrogen and oxygen atoms in total. The van der Waals surface area contributed by atoms with Crippen molar-refractivity contribution in [2.24, 2.45) is 0 Å². The van der Waals surface area contributed by atoms with Crippen LogP contribution >= 0.6 is 0 Å². The van der Waals surface area contributed by atoms with Gasteiger partial charge in [-0.3, -0.25) is 4.98 Å². The van der Waals surface area contributed by atoms with Gasteiger partial charge in [0.1, 0.15) is 5.75 Å². The van der Waals surface area contributed by atoms with E-state index in [1.807, 2.05) is 55.5 Å². The lowest BCUT2D eigenvalue weighted by Gasteiger charge is -2.31. The van der Waals surface area contributed by atoms with Crippen molar-refractivity contribution < 1.29 is 23.2 Å². The smallest absolute Gasteiger partial charge is 0.456 e. The van der Waals surface area contributed by atoms with Crippen molar-refractivity contribution in [1.82, 2.24) is 4.98 Å². The molecule has 2 aliphatic rings. The van der Waals surface area contributed by atoms with Gasteiger partial charge in [-0.25, -0.2) is 8.42 Å². The fourth-order valence-corrected chi connectivity index (χ4v) is 7.34. The van der Waals surface area contributed by atoms with Crippen LogP contribution in [0.15, 0.2) is 71.9 Å². The molecule has 0 spiro atoms. The summed E-state index contributed by atoms with van der Waals surface area (Å²) < 4.78 is 31.0. The van der Waals surface area contributed by atoms with Gasteiger partial charge in [-0.15, -0.1) is 0 Å². The van der Waals surface area contributed by atoms with E-state index in [1.165, 1.54) is 0 Å². The highest BCUT2D eigenvalue weighted by Crippen LogP contribution is 2.40. The topological polar surface area (TPSA) is 96.7 Å². The fourth-order valence-electron chi connectivity index (χ4n) is 5.17. The third-order valence-corrected chi connectivity index (χ3v) is 8.86. The summed E-state index contributed by atoms with van der Waals surface area (Å²) in [4.78, 5) is 4.54. The lowest BCUT2D eigenvalue weighted by molar-refractivity contribution is 0.171. The fraction of sp³-hybridized carbons (Fsp3) is 0.269. The van der Waals surface area contributed by atoms with Crippen LogP contribution in [0.5, 0.6) is 5.75 Å². The van der Waals surface area contributed by atoms with Gasteiger partial charge in [0, 0.05) is 17.9 Å². The Morgan fingerprint density at radius 2 is 1.91 bits per heavy atom. The second kappa shape index (κ2) is 9.02. The number of pyridine rings is 1. The van der Waals surface area contributed by atoms with Crippen LogP contribution in [-0.2, 0) is 14.5 Å². The Morgan fingerprint density at radius 1 is 1.15 bits per heavy atom. The van der Waals surface area contributed by atoms with Crippen LogP contribution in [0.25, 0.3) is 22.4 Å². The lowest BCUT2D eigenvalue weighted by Crippen LogP contribution is -2.41. The molecule has 2 aliphatic heterocycles. The molecule has 0 amide bonds. The quantitative estimate of drug-likeness (QED) is 0.423. The Hall–Kier alpha value is -2.94. The molecule has 3 heterocycles. The number of phenols is 1. The number of hydrogen-bond donors (Lipinski definition) is 2. The molecule has 1 aromatic heterocycles. The first-order valence-electron chi connectivity index (χ1n) is 11.4. The number of nitrogens with zero attached hydrogens (tertiary/aromatic N) is 1. The van der Waals surface area contributed by atoms with Crippen molar-refractivity contribution in [3.63, 3.8) is 0 Å². The van der Waals surface area contributed by atoms with E-state index in [2.05, 4.69) is 11.1 Å². The van der Waals surface area contributed by atoms with E-state index in [-0.39, 0.29) is 17.8 Å².